The third-order valence-electron chi connectivity index (χ3n) is 4.32. The van der Waals surface area contributed by atoms with Crippen LogP contribution >= 0.6 is 0 Å². The van der Waals surface area contributed by atoms with Gasteiger partial charge in [0, 0.05) is 18.2 Å². The maximum Gasteiger partial charge on any atom is 0.140 e. The predicted octanol–water partition coefficient (Wildman–Crippen LogP) is 4.61. The highest BCUT2D eigenvalue weighted by Gasteiger charge is 2.17. The normalized spacial score (nSPS) is 11.0. The zero-order chi connectivity index (χ0) is 16.5. The molecule has 3 heteroatoms. The van der Waals surface area contributed by atoms with Gasteiger partial charge in [0.2, 0.25) is 0 Å². The molecule has 1 N–H and O–H groups in total. The molecule has 0 saturated heterocycles. The molecule has 118 valence electrons. The SMILES string of the molecule is Cc1cccn2c(Cc3ccccc3)c(-c3ccccc3O)nc12. The van der Waals surface area contributed by atoms with Gasteiger partial charge in [-0.1, -0.05) is 48.5 Å². The summed E-state index contributed by atoms with van der Waals surface area (Å²) < 4.78 is 2.13. The molecule has 2 aromatic heterocycles. The first-order chi connectivity index (χ1) is 11.7. The van der Waals surface area contributed by atoms with E-state index in [-0.39, 0.29) is 5.75 Å². The minimum absolute atomic E-state index is 0.257. The molecule has 4 rings (SSSR count). The van der Waals surface area contributed by atoms with E-state index in [0.29, 0.717) is 0 Å². The minimum Gasteiger partial charge on any atom is -0.507 e. The summed E-state index contributed by atoms with van der Waals surface area (Å²) in [5.41, 5.74) is 5.96. The van der Waals surface area contributed by atoms with Gasteiger partial charge in [0.05, 0.1) is 11.4 Å². The van der Waals surface area contributed by atoms with Crippen molar-refractivity contribution in [2.45, 2.75) is 13.3 Å². The number of para-hydroxylation sites is 1. The van der Waals surface area contributed by atoms with Crippen molar-refractivity contribution < 1.29 is 5.11 Å². The van der Waals surface area contributed by atoms with Crippen molar-refractivity contribution in [1.29, 1.82) is 0 Å². The molecule has 0 radical (unpaired) electrons. The Hall–Kier alpha value is -3.07. The summed E-state index contributed by atoms with van der Waals surface area (Å²) in [6.07, 6.45) is 2.80. The van der Waals surface area contributed by atoms with Crippen LogP contribution in [0.5, 0.6) is 5.75 Å². The second-order valence-corrected chi connectivity index (χ2v) is 5.97. The van der Waals surface area contributed by atoms with E-state index in [4.69, 9.17) is 4.98 Å². The summed E-state index contributed by atoms with van der Waals surface area (Å²) in [6.45, 7) is 2.06. The molecule has 2 aromatic carbocycles. The fraction of sp³-hybridized carbons (Fsp3) is 0.0952. The Morgan fingerprint density at radius 3 is 2.46 bits per heavy atom. The van der Waals surface area contributed by atoms with Crippen molar-refractivity contribution in [2.24, 2.45) is 0 Å². The van der Waals surface area contributed by atoms with Gasteiger partial charge in [-0.2, -0.15) is 0 Å². The summed E-state index contributed by atoms with van der Waals surface area (Å²) in [7, 11) is 0. The number of phenols is 1. The van der Waals surface area contributed by atoms with E-state index in [1.165, 1.54) is 5.56 Å². The van der Waals surface area contributed by atoms with Gasteiger partial charge in [0.15, 0.2) is 0 Å². The molecule has 2 heterocycles. The van der Waals surface area contributed by atoms with E-state index in [1.807, 2.05) is 48.7 Å². The van der Waals surface area contributed by atoms with Crippen LogP contribution in [0.2, 0.25) is 0 Å². The topological polar surface area (TPSA) is 37.5 Å². The summed E-state index contributed by atoms with van der Waals surface area (Å²) >= 11 is 0. The fourth-order valence-electron chi connectivity index (χ4n) is 3.10. The Labute approximate surface area is 140 Å². The number of hydrogen-bond donors (Lipinski definition) is 1. The summed E-state index contributed by atoms with van der Waals surface area (Å²) in [5, 5.41) is 10.3. The largest absolute Gasteiger partial charge is 0.507 e. The lowest BCUT2D eigenvalue weighted by Gasteiger charge is -2.07. The molecular formula is C21H18N2O. The molecule has 0 fully saturated rings. The van der Waals surface area contributed by atoms with Crippen LogP contribution < -0.4 is 0 Å². The van der Waals surface area contributed by atoms with Crippen LogP contribution in [0.4, 0.5) is 0 Å². The van der Waals surface area contributed by atoms with Gasteiger partial charge in [-0.25, -0.2) is 4.98 Å². The van der Waals surface area contributed by atoms with Crippen molar-refractivity contribution in [3.63, 3.8) is 0 Å². The van der Waals surface area contributed by atoms with Gasteiger partial charge in [-0.15, -0.1) is 0 Å². The minimum atomic E-state index is 0.257. The average Bonchev–Trinajstić information content (AvgIpc) is 2.96. The number of phenolic OH excluding ortho intramolecular Hbond substituents is 1. The molecule has 0 bridgehead atoms. The van der Waals surface area contributed by atoms with Crippen LogP contribution in [-0.2, 0) is 6.42 Å². The van der Waals surface area contributed by atoms with Gasteiger partial charge in [0.25, 0.3) is 0 Å². The number of aryl methyl sites for hydroxylation is 1. The summed E-state index contributed by atoms with van der Waals surface area (Å²) in [5.74, 6) is 0.257. The molecule has 0 aliphatic carbocycles. The molecule has 4 aromatic rings. The van der Waals surface area contributed by atoms with Crippen molar-refractivity contribution in [3.8, 4) is 17.0 Å². The second kappa shape index (κ2) is 5.85. The highest BCUT2D eigenvalue weighted by atomic mass is 16.3. The number of rotatable bonds is 3. The van der Waals surface area contributed by atoms with E-state index in [0.717, 1.165) is 34.6 Å². The smallest absolute Gasteiger partial charge is 0.140 e. The standard InChI is InChI=1S/C21H18N2O/c1-15-8-7-13-23-18(14-16-9-3-2-4-10-16)20(22-21(15)23)17-11-5-6-12-19(17)24/h2-13,24H,14H2,1H3. The first-order valence-corrected chi connectivity index (χ1v) is 8.03. The van der Waals surface area contributed by atoms with Crippen LogP contribution in [0, 0.1) is 6.92 Å². The number of nitrogens with zero attached hydrogens (tertiary/aromatic N) is 2. The Balaban J connectivity index is 1.97. The van der Waals surface area contributed by atoms with Crippen LogP contribution in [0.1, 0.15) is 16.8 Å². The van der Waals surface area contributed by atoms with Crippen molar-refractivity contribution in [2.75, 3.05) is 0 Å². The van der Waals surface area contributed by atoms with E-state index in [2.05, 4.69) is 29.5 Å². The van der Waals surface area contributed by atoms with Gasteiger partial charge >= 0.3 is 0 Å². The third-order valence-corrected chi connectivity index (χ3v) is 4.32. The average molecular weight is 314 g/mol. The van der Waals surface area contributed by atoms with Crippen LogP contribution in [-0.4, -0.2) is 14.5 Å². The molecule has 0 spiro atoms. The molecule has 3 nitrogen and oxygen atoms in total. The Kier molecular flexibility index (Phi) is 3.54. The third kappa shape index (κ3) is 2.44. The number of pyridine rings is 1. The number of aromatic nitrogens is 2. The lowest BCUT2D eigenvalue weighted by molar-refractivity contribution is 0.477. The summed E-state index contributed by atoms with van der Waals surface area (Å²) in [4.78, 5) is 4.84. The van der Waals surface area contributed by atoms with Gasteiger partial charge < -0.3 is 9.51 Å². The van der Waals surface area contributed by atoms with Crippen molar-refractivity contribution in [1.82, 2.24) is 9.38 Å². The van der Waals surface area contributed by atoms with Crippen LogP contribution in [0.3, 0.4) is 0 Å². The van der Waals surface area contributed by atoms with Gasteiger partial charge in [-0.3, -0.25) is 0 Å². The van der Waals surface area contributed by atoms with Crippen LogP contribution in [0.25, 0.3) is 16.9 Å². The molecule has 0 amide bonds. The number of imidazole rings is 1. The quantitative estimate of drug-likeness (QED) is 0.600. The maximum atomic E-state index is 10.3. The lowest BCUT2D eigenvalue weighted by atomic mass is 10.0. The van der Waals surface area contributed by atoms with E-state index >= 15 is 0 Å². The highest BCUT2D eigenvalue weighted by Crippen LogP contribution is 2.33. The molecular weight excluding hydrogens is 296 g/mol. The van der Waals surface area contributed by atoms with Crippen LogP contribution in [0.15, 0.2) is 72.9 Å². The second-order valence-electron chi connectivity index (χ2n) is 5.97. The first kappa shape index (κ1) is 14.5. The molecule has 24 heavy (non-hydrogen) atoms. The zero-order valence-electron chi connectivity index (χ0n) is 13.5. The predicted molar refractivity (Wildman–Crippen MR) is 96.3 cm³/mol. The maximum absolute atomic E-state index is 10.3. The number of benzene rings is 2. The highest BCUT2D eigenvalue weighted by molar-refractivity contribution is 5.73. The van der Waals surface area contributed by atoms with Gasteiger partial charge in [0.1, 0.15) is 11.4 Å². The number of hydrogen-bond acceptors (Lipinski definition) is 2. The van der Waals surface area contributed by atoms with E-state index in [9.17, 15) is 5.11 Å². The summed E-state index contributed by atoms with van der Waals surface area (Å²) in [6, 6.07) is 21.8. The lowest BCUT2D eigenvalue weighted by Crippen LogP contribution is -1.97. The zero-order valence-corrected chi connectivity index (χ0v) is 13.5. The Bertz CT molecular complexity index is 1000. The molecule has 0 aliphatic rings. The van der Waals surface area contributed by atoms with Gasteiger partial charge in [-0.05, 0) is 36.2 Å². The van der Waals surface area contributed by atoms with Crippen molar-refractivity contribution in [3.05, 3.63) is 89.7 Å². The number of fused-ring (bicyclic) bond motifs is 1. The number of aromatic hydroxyl groups is 1. The van der Waals surface area contributed by atoms with E-state index in [1.54, 1.807) is 6.07 Å². The first-order valence-electron chi connectivity index (χ1n) is 8.03. The Morgan fingerprint density at radius 2 is 1.67 bits per heavy atom. The monoisotopic (exact) mass is 314 g/mol. The molecule has 0 aliphatic heterocycles. The molecule has 0 saturated carbocycles. The molecule has 0 atom stereocenters. The van der Waals surface area contributed by atoms with Crippen molar-refractivity contribution >= 4 is 5.65 Å². The Morgan fingerprint density at radius 1 is 0.917 bits per heavy atom. The van der Waals surface area contributed by atoms with E-state index < -0.39 is 0 Å². The molecule has 0 unspecified atom stereocenters. The fourth-order valence-corrected chi connectivity index (χ4v) is 3.10.